The number of thiophene rings is 1. The van der Waals surface area contributed by atoms with Gasteiger partial charge in [-0.25, -0.2) is 0 Å². The molecule has 3 aromatic rings. The number of carbonyl (C=O) groups excluding carboxylic acids is 1. The van der Waals surface area contributed by atoms with Crippen molar-refractivity contribution < 1.29 is 4.79 Å². The number of nitrogens with zero attached hydrogens (tertiary/aromatic N) is 1. The molecule has 1 amide bonds. The van der Waals surface area contributed by atoms with Gasteiger partial charge in [0.2, 0.25) is 0 Å². The summed E-state index contributed by atoms with van der Waals surface area (Å²) in [6.45, 7) is 5.24. The molecule has 2 aliphatic rings. The van der Waals surface area contributed by atoms with Gasteiger partial charge in [0.25, 0.3) is 5.91 Å². The van der Waals surface area contributed by atoms with E-state index in [0.29, 0.717) is 5.92 Å². The number of anilines is 1. The summed E-state index contributed by atoms with van der Waals surface area (Å²) in [5, 5.41) is 7.67. The minimum absolute atomic E-state index is 0.0613. The quantitative estimate of drug-likeness (QED) is 0.618. The van der Waals surface area contributed by atoms with Crippen LogP contribution in [0.5, 0.6) is 0 Å². The van der Waals surface area contributed by atoms with Crippen molar-refractivity contribution in [2.24, 2.45) is 5.92 Å². The summed E-state index contributed by atoms with van der Waals surface area (Å²) in [6, 6.07) is 17.4. The monoisotopic (exact) mass is 419 g/mol. The van der Waals surface area contributed by atoms with Gasteiger partial charge >= 0.3 is 0 Å². The average Bonchev–Trinajstić information content (AvgIpc) is 3.48. The Morgan fingerprint density at radius 2 is 1.73 bits per heavy atom. The number of hydrogen-bond acceptors (Lipinski definition) is 4. The Hall–Kier alpha value is -2.37. The number of nitrogens with one attached hydrogen (secondary N) is 2. The molecule has 0 spiro atoms. The molecule has 30 heavy (non-hydrogen) atoms. The molecule has 0 aliphatic carbocycles. The number of piperidine rings is 1. The fraction of sp³-hybridized carbons (Fsp3) is 0.400. The van der Waals surface area contributed by atoms with Crippen molar-refractivity contribution in [3.63, 3.8) is 0 Å². The maximum absolute atomic E-state index is 12.7. The zero-order valence-electron chi connectivity index (χ0n) is 17.3. The first kappa shape index (κ1) is 19.6. The fourth-order valence-electron chi connectivity index (χ4n) is 4.57. The lowest BCUT2D eigenvalue weighted by atomic mass is 9.98. The Kier molecular flexibility index (Phi) is 5.73. The van der Waals surface area contributed by atoms with Crippen LogP contribution in [0.15, 0.2) is 48.5 Å². The maximum Gasteiger partial charge on any atom is 0.261 e. The van der Waals surface area contributed by atoms with Crippen LogP contribution < -0.4 is 15.5 Å². The van der Waals surface area contributed by atoms with Crippen LogP contribution in [0.4, 0.5) is 5.69 Å². The summed E-state index contributed by atoms with van der Waals surface area (Å²) >= 11 is 1.59. The van der Waals surface area contributed by atoms with E-state index >= 15 is 0 Å². The molecule has 0 unspecified atom stereocenters. The molecule has 2 fully saturated rings. The van der Waals surface area contributed by atoms with Gasteiger partial charge in [-0.3, -0.25) is 4.79 Å². The van der Waals surface area contributed by atoms with E-state index < -0.39 is 0 Å². The Morgan fingerprint density at radius 3 is 2.50 bits per heavy atom. The number of amides is 1. The van der Waals surface area contributed by atoms with Crippen molar-refractivity contribution in [1.82, 2.24) is 10.6 Å². The normalized spacial score (nSPS) is 17.5. The van der Waals surface area contributed by atoms with Crippen molar-refractivity contribution in [3.8, 4) is 11.1 Å². The minimum Gasteiger partial charge on any atom is -0.372 e. The van der Waals surface area contributed by atoms with E-state index in [1.165, 1.54) is 47.4 Å². The van der Waals surface area contributed by atoms with Crippen LogP contribution in [-0.4, -0.2) is 38.6 Å². The number of hydrogen-bond donors (Lipinski definition) is 2. The summed E-state index contributed by atoms with van der Waals surface area (Å²) in [4.78, 5) is 15.9. The van der Waals surface area contributed by atoms with E-state index in [2.05, 4.69) is 58.0 Å². The SMILES string of the molecule is O=C(NCC1CCNCC1)c1cc2ccc(-c3ccc(N4CCCC4)cc3)cc2s1. The van der Waals surface area contributed by atoms with Crippen LogP contribution >= 0.6 is 11.3 Å². The predicted molar refractivity (Wildman–Crippen MR) is 127 cm³/mol. The van der Waals surface area contributed by atoms with Crippen LogP contribution in [0, 0.1) is 5.92 Å². The largest absolute Gasteiger partial charge is 0.372 e. The van der Waals surface area contributed by atoms with Gasteiger partial charge < -0.3 is 15.5 Å². The number of benzene rings is 2. The Bertz CT molecular complexity index is 1010. The van der Waals surface area contributed by atoms with Crippen LogP contribution in [-0.2, 0) is 0 Å². The second kappa shape index (κ2) is 8.78. The summed E-state index contributed by atoms with van der Waals surface area (Å²) in [7, 11) is 0. The molecule has 0 radical (unpaired) electrons. The van der Waals surface area contributed by atoms with Crippen molar-refractivity contribution in [2.75, 3.05) is 37.6 Å². The molecule has 2 saturated heterocycles. The van der Waals surface area contributed by atoms with E-state index in [0.717, 1.165) is 42.7 Å². The molecule has 2 N–H and O–H groups in total. The van der Waals surface area contributed by atoms with Crippen LogP contribution in [0.3, 0.4) is 0 Å². The van der Waals surface area contributed by atoms with Gasteiger partial charge in [-0.1, -0.05) is 24.3 Å². The molecular weight excluding hydrogens is 390 g/mol. The summed E-state index contributed by atoms with van der Waals surface area (Å²) in [6.07, 6.45) is 4.88. The minimum atomic E-state index is 0.0613. The van der Waals surface area contributed by atoms with Gasteiger partial charge in [0.15, 0.2) is 0 Å². The third-order valence-electron chi connectivity index (χ3n) is 6.43. The van der Waals surface area contributed by atoms with Gasteiger partial charge in [-0.15, -0.1) is 11.3 Å². The Balaban J connectivity index is 1.29. The zero-order valence-corrected chi connectivity index (χ0v) is 18.1. The Morgan fingerprint density at radius 1 is 1.00 bits per heavy atom. The summed E-state index contributed by atoms with van der Waals surface area (Å²) in [5.41, 5.74) is 3.75. The average molecular weight is 420 g/mol. The van der Waals surface area contributed by atoms with E-state index in [-0.39, 0.29) is 5.91 Å². The smallest absolute Gasteiger partial charge is 0.261 e. The van der Waals surface area contributed by atoms with E-state index in [1.807, 2.05) is 6.07 Å². The molecule has 156 valence electrons. The number of carbonyl (C=O) groups is 1. The molecular formula is C25H29N3OS. The predicted octanol–water partition coefficient (Wildman–Crippen LogP) is 4.90. The maximum atomic E-state index is 12.7. The first-order chi connectivity index (χ1) is 14.8. The highest BCUT2D eigenvalue weighted by Crippen LogP contribution is 2.32. The molecule has 5 heteroatoms. The van der Waals surface area contributed by atoms with Crippen molar-refractivity contribution in [1.29, 1.82) is 0 Å². The third-order valence-corrected chi connectivity index (χ3v) is 7.52. The standard InChI is InChI=1S/C25H29N3OS/c29-25(27-17-18-9-11-26-12-10-18)24-16-21-4-3-20(15-23(21)30-24)19-5-7-22(8-6-19)28-13-1-2-14-28/h3-8,15-16,18,26H,1-2,9-14,17H2,(H,27,29). The molecule has 1 aromatic heterocycles. The molecule has 5 rings (SSSR count). The zero-order chi connectivity index (χ0) is 20.3. The molecule has 4 nitrogen and oxygen atoms in total. The summed E-state index contributed by atoms with van der Waals surface area (Å²) < 4.78 is 1.17. The highest BCUT2D eigenvalue weighted by molar-refractivity contribution is 7.20. The lowest BCUT2D eigenvalue weighted by Crippen LogP contribution is -2.35. The molecule has 0 saturated carbocycles. The molecule has 2 aliphatic heterocycles. The third kappa shape index (κ3) is 4.23. The van der Waals surface area contributed by atoms with Gasteiger partial charge in [0.1, 0.15) is 0 Å². The van der Waals surface area contributed by atoms with E-state index in [1.54, 1.807) is 11.3 Å². The Labute approximate surface area is 182 Å². The van der Waals surface area contributed by atoms with Gasteiger partial charge in [0, 0.05) is 30.0 Å². The van der Waals surface area contributed by atoms with Crippen molar-refractivity contribution >= 4 is 33.0 Å². The van der Waals surface area contributed by atoms with Crippen LogP contribution in [0.2, 0.25) is 0 Å². The van der Waals surface area contributed by atoms with Crippen molar-refractivity contribution in [3.05, 3.63) is 53.4 Å². The molecule has 2 aromatic carbocycles. The highest BCUT2D eigenvalue weighted by atomic mass is 32.1. The number of fused-ring (bicyclic) bond motifs is 1. The first-order valence-corrected chi connectivity index (χ1v) is 12.0. The fourth-order valence-corrected chi connectivity index (χ4v) is 5.59. The topological polar surface area (TPSA) is 44.4 Å². The first-order valence-electron chi connectivity index (χ1n) is 11.1. The second-order valence-electron chi connectivity index (χ2n) is 8.51. The van der Waals surface area contributed by atoms with Crippen LogP contribution in [0.1, 0.15) is 35.4 Å². The van der Waals surface area contributed by atoms with Gasteiger partial charge in [-0.2, -0.15) is 0 Å². The molecule has 0 bridgehead atoms. The van der Waals surface area contributed by atoms with E-state index in [4.69, 9.17) is 0 Å². The van der Waals surface area contributed by atoms with E-state index in [9.17, 15) is 4.79 Å². The van der Waals surface area contributed by atoms with Crippen LogP contribution in [0.25, 0.3) is 21.2 Å². The lowest BCUT2D eigenvalue weighted by Gasteiger charge is -2.22. The molecule has 3 heterocycles. The second-order valence-corrected chi connectivity index (χ2v) is 9.59. The van der Waals surface area contributed by atoms with Gasteiger partial charge in [-0.05, 0) is 85.5 Å². The highest BCUT2D eigenvalue weighted by Gasteiger charge is 2.16. The van der Waals surface area contributed by atoms with Gasteiger partial charge in [0.05, 0.1) is 4.88 Å². The number of rotatable bonds is 5. The summed E-state index contributed by atoms with van der Waals surface area (Å²) in [5.74, 6) is 0.658. The lowest BCUT2D eigenvalue weighted by molar-refractivity contribution is 0.0948. The molecule has 0 atom stereocenters. The van der Waals surface area contributed by atoms with Crippen molar-refractivity contribution in [2.45, 2.75) is 25.7 Å².